The predicted octanol–water partition coefficient (Wildman–Crippen LogP) is 3.35. The molecule has 0 aromatic heterocycles. The first kappa shape index (κ1) is 23.1. The Morgan fingerprint density at radius 3 is 2.61 bits per heavy atom. The second kappa shape index (κ2) is 10.2. The van der Waals surface area contributed by atoms with Crippen LogP contribution in [0, 0.1) is 0 Å². The first-order valence-corrected chi connectivity index (χ1v) is 10.4. The molecular formula is C23H29F3N4O. The zero-order valence-electron chi connectivity index (χ0n) is 17.9. The van der Waals surface area contributed by atoms with Crippen LogP contribution in [0.4, 0.5) is 18.9 Å². The fourth-order valence-electron chi connectivity index (χ4n) is 3.73. The van der Waals surface area contributed by atoms with Gasteiger partial charge in [-0.1, -0.05) is 30.3 Å². The molecule has 1 aliphatic rings. The summed E-state index contributed by atoms with van der Waals surface area (Å²) in [5.41, 5.74) is 2.71. The molecule has 1 aliphatic heterocycles. The summed E-state index contributed by atoms with van der Waals surface area (Å²) in [6.45, 7) is 2.53. The number of halogens is 3. The third-order valence-corrected chi connectivity index (χ3v) is 5.42. The second-order valence-corrected chi connectivity index (χ2v) is 8.00. The number of hydrogen-bond acceptors (Lipinski definition) is 4. The summed E-state index contributed by atoms with van der Waals surface area (Å²) in [5, 5.41) is 6.54. The van der Waals surface area contributed by atoms with Gasteiger partial charge in [-0.3, -0.25) is 4.79 Å². The van der Waals surface area contributed by atoms with Crippen LogP contribution >= 0.6 is 0 Å². The number of fused-ring (bicyclic) bond motifs is 1. The molecule has 0 spiro atoms. The van der Waals surface area contributed by atoms with E-state index in [9.17, 15) is 18.0 Å². The van der Waals surface area contributed by atoms with Gasteiger partial charge in [0.25, 0.3) is 0 Å². The highest BCUT2D eigenvalue weighted by Crippen LogP contribution is 2.32. The van der Waals surface area contributed by atoms with Gasteiger partial charge in [-0.2, -0.15) is 13.2 Å². The van der Waals surface area contributed by atoms with Crippen LogP contribution in [-0.4, -0.2) is 56.0 Å². The first-order chi connectivity index (χ1) is 14.8. The van der Waals surface area contributed by atoms with E-state index in [1.807, 2.05) is 31.1 Å². The monoisotopic (exact) mass is 434 g/mol. The maximum atomic E-state index is 13.4. The van der Waals surface area contributed by atoms with Gasteiger partial charge in [0, 0.05) is 31.9 Å². The van der Waals surface area contributed by atoms with E-state index >= 15 is 0 Å². The molecule has 0 aliphatic carbocycles. The highest BCUT2D eigenvalue weighted by Gasteiger charge is 2.33. The van der Waals surface area contributed by atoms with E-state index in [2.05, 4.69) is 16.7 Å². The summed E-state index contributed by atoms with van der Waals surface area (Å²) in [7, 11) is 3.74. The molecule has 2 N–H and O–H groups in total. The van der Waals surface area contributed by atoms with Crippen molar-refractivity contribution in [2.45, 2.75) is 25.7 Å². The molecule has 5 nitrogen and oxygen atoms in total. The van der Waals surface area contributed by atoms with Crippen molar-refractivity contribution >= 4 is 11.6 Å². The first-order valence-electron chi connectivity index (χ1n) is 10.4. The van der Waals surface area contributed by atoms with E-state index in [0.717, 1.165) is 31.3 Å². The quantitative estimate of drug-likeness (QED) is 0.669. The number of hydrogen-bond donors (Lipinski definition) is 2. The van der Waals surface area contributed by atoms with Crippen molar-refractivity contribution in [3.63, 3.8) is 0 Å². The van der Waals surface area contributed by atoms with Crippen LogP contribution in [0.1, 0.15) is 22.3 Å². The Labute approximate surface area is 181 Å². The number of alkyl halides is 3. The van der Waals surface area contributed by atoms with Crippen molar-refractivity contribution in [3.05, 3.63) is 64.7 Å². The van der Waals surface area contributed by atoms with E-state index in [4.69, 9.17) is 0 Å². The van der Waals surface area contributed by atoms with E-state index in [1.165, 1.54) is 28.2 Å². The van der Waals surface area contributed by atoms with Gasteiger partial charge < -0.3 is 20.4 Å². The number of rotatable bonds is 8. The number of carbonyl (C=O) groups excluding carboxylic acids is 1. The molecule has 0 saturated carbocycles. The number of amides is 1. The molecule has 0 fully saturated rings. The van der Waals surface area contributed by atoms with Gasteiger partial charge in [-0.15, -0.1) is 0 Å². The van der Waals surface area contributed by atoms with Crippen LogP contribution in [0.15, 0.2) is 42.5 Å². The van der Waals surface area contributed by atoms with Crippen molar-refractivity contribution in [2.24, 2.45) is 0 Å². The highest BCUT2D eigenvalue weighted by molar-refractivity contribution is 5.81. The van der Waals surface area contributed by atoms with Gasteiger partial charge in [-0.05, 0) is 55.9 Å². The fourth-order valence-corrected chi connectivity index (χ4v) is 3.73. The van der Waals surface area contributed by atoms with Gasteiger partial charge in [0.1, 0.15) is 0 Å². The molecule has 0 bridgehead atoms. The molecule has 2 aromatic carbocycles. The van der Waals surface area contributed by atoms with E-state index in [1.54, 1.807) is 6.07 Å². The Balaban J connectivity index is 1.74. The Bertz CT molecular complexity index is 899. The maximum absolute atomic E-state index is 13.4. The molecule has 2 aromatic rings. The number of anilines is 1. The zero-order valence-corrected chi connectivity index (χ0v) is 17.9. The molecule has 1 heterocycles. The third kappa shape index (κ3) is 6.21. The summed E-state index contributed by atoms with van der Waals surface area (Å²) in [6, 6.07) is 11.4. The molecule has 31 heavy (non-hydrogen) atoms. The van der Waals surface area contributed by atoms with Gasteiger partial charge in [0.2, 0.25) is 5.91 Å². The topological polar surface area (TPSA) is 47.6 Å². The van der Waals surface area contributed by atoms with Crippen molar-refractivity contribution in [2.75, 3.05) is 45.6 Å². The molecule has 0 unspecified atom stereocenters. The summed E-state index contributed by atoms with van der Waals surface area (Å²) in [6.07, 6.45) is -3.59. The Hall–Kier alpha value is -2.58. The Morgan fingerprint density at radius 1 is 1.10 bits per heavy atom. The maximum Gasteiger partial charge on any atom is 0.416 e. The molecule has 1 amide bonds. The predicted molar refractivity (Wildman–Crippen MR) is 116 cm³/mol. The van der Waals surface area contributed by atoms with Crippen LogP contribution < -0.4 is 10.6 Å². The van der Waals surface area contributed by atoms with E-state index in [0.29, 0.717) is 13.1 Å². The summed E-state index contributed by atoms with van der Waals surface area (Å²) >= 11 is 0. The molecule has 0 atom stereocenters. The van der Waals surface area contributed by atoms with Crippen LogP contribution in [0.25, 0.3) is 0 Å². The minimum Gasteiger partial charge on any atom is -0.376 e. The number of carbonyl (C=O) groups is 1. The van der Waals surface area contributed by atoms with Crippen LogP contribution in [-0.2, 0) is 30.5 Å². The summed E-state index contributed by atoms with van der Waals surface area (Å²) in [4.78, 5) is 16.4. The average molecular weight is 435 g/mol. The van der Waals surface area contributed by atoms with Crippen molar-refractivity contribution in [1.82, 2.24) is 15.1 Å². The molecule has 0 radical (unpaired) electrons. The van der Waals surface area contributed by atoms with Gasteiger partial charge >= 0.3 is 6.18 Å². The smallest absolute Gasteiger partial charge is 0.376 e. The summed E-state index contributed by atoms with van der Waals surface area (Å²) < 4.78 is 40.2. The lowest BCUT2D eigenvalue weighted by Gasteiger charge is -2.27. The lowest BCUT2D eigenvalue weighted by atomic mass is 9.99. The molecular weight excluding hydrogens is 405 g/mol. The minimum atomic E-state index is -4.46. The SMILES string of the molecule is CN(C)CCN(Cc1ccccc1C(F)(F)F)C(=O)CNc1cccc2c1CCNC2. The lowest BCUT2D eigenvalue weighted by Crippen LogP contribution is -2.40. The van der Waals surface area contributed by atoms with Crippen molar-refractivity contribution < 1.29 is 18.0 Å². The van der Waals surface area contributed by atoms with Gasteiger partial charge in [-0.25, -0.2) is 0 Å². The Kier molecular flexibility index (Phi) is 7.56. The van der Waals surface area contributed by atoms with E-state index in [-0.39, 0.29) is 24.6 Å². The van der Waals surface area contributed by atoms with Crippen LogP contribution in [0.5, 0.6) is 0 Å². The van der Waals surface area contributed by atoms with Crippen LogP contribution in [0.3, 0.4) is 0 Å². The third-order valence-electron chi connectivity index (χ3n) is 5.42. The normalized spacial score (nSPS) is 13.7. The standard InChI is InChI=1S/C23H29F3N4O/c1-29(2)12-13-30(16-18-6-3-4-8-20(18)23(24,25)26)22(31)15-28-21-9-5-7-17-14-27-11-10-19(17)21/h3-9,27-28H,10-16H2,1-2H3. The number of nitrogens with zero attached hydrogens (tertiary/aromatic N) is 2. The summed E-state index contributed by atoms with van der Waals surface area (Å²) in [5.74, 6) is -0.231. The highest BCUT2D eigenvalue weighted by atomic mass is 19.4. The van der Waals surface area contributed by atoms with Crippen molar-refractivity contribution in [3.8, 4) is 0 Å². The number of likely N-dealkylation sites (N-methyl/N-ethyl adjacent to an activating group) is 1. The molecule has 3 rings (SSSR count). The van der Waals surface area contributed by atoms with Gasteiger partial charge in [0.05, 0.1) is 12.1 Å². The average Bonchev–Trinajstić information content (AvgIpc) is 2.74. The number of nitrogens with one attached hydrogen (secondary N) is 2. The molecule has 8 heteroatoms. The second-order valence-electron chi connectivity index (χ2n) is 8.00. The molecule has 0 saturated heterocycles. The number of benzene rings is 2. The van der Waals surface area contributed by atoms with Crippen LogP contribution in [0.2, 0.25) is 0 Å². The van der Waals surface area contributed by atoms with Gasteiger partial charge in [0.15, 0.2) is 0 Å². The minimum absolute atomic E-state index is 0.0332. The Morgan fingerprint density at radius 2 is 1.87 bits per heavy atom. The van der Waals surface area contributed by atoms with Crippen molar-refractivity contribution in [1.29, 1.82) is 0 Å². The van der Waals surface area contributed by atoms with E-state index < -0.39 is 11.7 Å². The fraction of sp³-hybridized carbons (Fsp3) is 0.435. The molecule has 168 valence electrons. The zero-order chi connectivity index (χ0) is 22.4. The lowest BCUT2D eigenvalue weighted by molar-refractivity contribution is -0.139. The largest absolute Gasteiger partial charge is 0.416 e.